The van der Waals surface area contributed by atoms with Crippen molar-refractivity contribution >= 4 is 22.8 Å². The van der Waals surface area contributed by atoms with Crippen LogP contribution in [0, 0.1) is 0 Å². The number of aromatic amines is 1. The second kappa shape index (κ2) is 10.9. The van der Waals surface area contributed by atoms with Gasteiger partial charge < -0.3 is 25.3 Å². The van der Waals surface area contributed by atoms with Crippen LogP contribution in [0.2, 0.25) is 0 Å². The molecule has 4 rings (SSSR count). The van der Waals surface area contributed by atoms with Crippen molar-refractivity contribution < 1.29 is 24.5 Å². The minimum Gasteiger partial charge on any atom is -0.493 e. The van der Waals surface area contributed by atoms with Gasteiger partial charge in [0, 0.05) is 17.1 Å². The number of hydrogen-bond donors (Lipinski definition) is 4. The molecule has 0 bridgehead atoms. The summed E-state index contributed by atoms with van der Waals surface area (Å²) < 4.78 is 5.82. The molecule has 1 aromatic heterocycles. The lowest BCUT2D eigenvalue weighted by atomic mass is 10.00. The number of carboxylic acids is 1. The van der Waals surface area contributed by atoms with Crippen molar-refractivity contribution in [1.29, 1.82) is 0 Å². The molecule has 0 aliphatic rings. The molecule has 7 heteroatoms. The van der Waals surface area contributed by atoms with Gasteiger partial charge in [-0.05, 0) is 59.9 Å². The number of rotatable bonds is 10. The average Bonchev–Trinajstić information content (AvgIpc) is 3.29. The lowest BCUT2D eigenvalue weighted by Gasteiger charge is -2.18. The number of aromatic nitrogens is 1. The smallest absolute Gasteiger partial charge is 0.335 e. The van der Waals surface area contributed by atoms with Crippen molar-refractivity contribution in [3.63, 3.8) is 0 Å². The van der Waals surface area contributed by atoms with E-state index in [1.165, 1.54) is 12.1 Å². The number of para-hydroxylation sites is 1. The monoisotopic (exact) mass is 472 g/mol. The Balaban J connectivity index is 1.59. The summed E-state index contributed by atoms with van der Waals surface area (Å²) in [5, 5.41) is 23.2. The fraction of sp³-hybridized carbons (Fsp3) is 0.214. The molecule has 0 radical (unpaired) electrons. The summed E-state index contributed by atoms with van der Waals surface area (Å²) in [5.41, 5.74) is 4.10. The Bertz CT molecular complexity index is 1330. The molecule has 4 aromatic rings. The molecule has 3 aromatic carbocycles. The molecule has 180 valence electrons. The van der Waals surface area contributed by atoms with Crippen LogP contribution in [0.25, 0.3) is 22.0 Å². The van der Waals surface area contributed by atoms with E-state index in [1.807, 2.05) is 43.5 Å². The van der Waals surface area contributed by atoms with Crippen molar-refractivity contribution in [2.75, 3.05) is 13.2 Å². The van der Waals surface area contributed by atoms with E-state index in [0.717, 1.165) is 34.0 Å². The van der Waals surface area contributed by atoms with Crippen LogP contribution in [0.5, 0.6) is 5.75 Å². The summed E-state index contributed by atoms with van der Waals surface area (Å²) in [4.78, 5) is 27.7. The van der Waals surface area contributed by atoms with E-state index in [-0.39, 0.29) is 18.1 Å². The van der Waals surface area contributed by atoms with E-state index in [9.17, 15) is 14.7 Å². The van der Waals surface area contributed by atoms with Gasteiger partial charge in [0.1, 0.15) is 5.75 Å². The van der Waals surface area contributed by atoms with Crippen molar-refractivity contribution in [2.24, 2.45) is 0 Å². The molecule has 1 atom stereocenters. The maximum atomic E-state index is 13.3. The van der Waals surface area contributed by atoms with Crippen molar-refractivity contribution in [3.05, 3.63) is 89.6 Å². The van der Waals surface area contributed by atoms with Crippen LogP contribution in [0.4, 0.5) is 0 Å². The van der Waals surface area contributed by atoms with Gasteiger partial charge in [0.25, 0.3) is 5.91 Å². The third kappa shape index (κ3) is 5.53. The molecule has 1 amide bonds. The Hall–Kier alpha value is -4.10. The zero-order valence-electron chi connectivity index (χ0n) is 19.5. The Labute approximate surface area is 203 Å². The number of carbonyl (C=O) groups is 2. The lowest BCUT2D eigenvalue weighted by Crippen LogP contribution is -2.39. The van der Waals surface area contributed by atoms with Gasteiger partial charge in [0.05, 0.1) is 30.4 Å². The van der Waals surface area contributed by atoms with E-state index < -0.39 is 12.0 Å². The fourth-order valence-electron chi connectivity index (χ4n) is 4.02. The number of aromatic carboxylic acids is 1. The number of amides is 1. The number of fused-ring (bicyclic) bond motifs is 1. The van der Waals surface area contributed by atoms with Gasteiger partial charge in [-0.2, -0.15) is 0 Å². The highest BCUT2D eigenvalue weighted by Crippen LogP contribution is 2.28. The third-order valence-electron chi connectivity index (χ3n) is 5.85. The number of carbonyl (C=O) groups excluding carboxylic acids is 1. The van der Waals surface area contributed by atoms with Crippen LogP contribution in [-0.4, -0.2) is 46.3 Å². The van der Waals surface area contributed by atoms with Gasteiger partial charge in [-0.1, -0.05) is 43.3 Å². The molecule has 1 heterocycles. The van der Waals surface area contributed by atoms with E-state index in [1.54, 1.807) is 24.3 Å². The second-order valence-electron chi connectivity index (χ2n) is 8.36. The van der Waals surface area contributed by atoms with Crippen LogP contribution in [-0.2, 0) is 6.42 Å². The predicted octanol–water partition coefficient (Wildman–Crippen LogP) is 4.66. The largest absolute Gasteiger partial charge is 0.493 e. The van der Waals surface area contributed by atoms with Crippen LogP contribution < -0.4 is 10.1 Å². The Morgan fingerprint density at radius 1 is 1.03 bits per heavy atom. The third-order valence-corrected chi connectivity index (χ3v) is 5.85. The van der Waals surface area contributed by atoms with E-state index in [4.69, 9.17) is 9.84 Å². The molecule has 0 spiro atoms. The lowest BCUT2D eigenvalue weighted by molar-refractivity contribution is 0.0696. The molecule has 0 saturated carbocycles. The van der Waals surface area contributed by atoms with Gasteiger partial charge in [-0.15, -0.1) is 0 Å². The highest BCUT2D eigenvalue weighted by atomic mass is 16.5. The number of H-pyrrole nitrogens is 1. The molecular weight excluding hydrogens is 444 g/mol. The van der Waals surface area contributed by atoms with Crippen molar-refractivity contribution in [2.45, 2.75) is 25.8 Å². The highest BCUT2D eigenvalue weighted by molar-refractivity contribution is 5.98. The molecule has 7 nitrogen and oxygen atoms in total. The van der Waals surface area contributed by atoms with Crippen LogP contribution in [0.1, 0.15) is 39.6 Å². The molecule has 0 aliphatic carbocycles. The zero-order valence-corrected chi connectivity index (χ0v) is 19.5. The average molecular weight is 473 g/mol. The van der Waals surface area contributed by atoms with Gasteiger partial charge in [0.15, 0.2) is 0 Å². The summed E-state index contributed by atoms with van der Waals surface area (Å²) in [5.74, 6) is -0.886. The van der Waals surface area contributed by atoms with Gasteiger partial charge in [-0.25, -0.2) is 4.79 Å². The molecule has 35 heavy (non-hydrogen) atoms. The first kappa shape index (κ1) is 24.0. The van der Waals surface area contributed by atoms with Crippen molar-refractivity contribution in [1.82, 2.24) is 10.3 Å². The maximum Gasteiger partial charge on any atom is 0.335 e. The molecular formula is C28H28N2O5. The Morgan fingerprint density at radius 3 is 2.49 bits per heavy atom. The quantitative estimate of drug-likeness (QED) is 0.268. The first-order valence-corrected chi connectivity index (χ1v) is 11.6. The summed E-state index contributed by atoms with van der Waals surface area (Å²) >= 11 is 0. The minimum absolute atomic E-state index is 0.192. The Kier molecular flexibility index (Phi) is 7.48. The first-order chi connectivity index (χ1) is 17.0. The number of ether oxygens (including phenoxy) is 1. The summed E-state index contributed by atoms with van der Waals surface area (Å²) in [7, 11) is 0. The predicted molar refractivity (Wildman–Crippen MR) is 135 cm³/mol. The molecule has 4 N–H and O–H groups in total. The second-order valence-corrected chi connectivity index (χ2v) is 8.36. The van der Waals surface area contributed by atoms with E-state index >= 15 is 0 Å². The number of nitrogens with one attached hydrogen (secondary N) is 2. The summed E-state index contributed by atoms with van der Waals surface area (Å²) in [6.07, 6.45) is 3.16. The van der Waals surface area contributed by atoms with Gasteiger partial charge in [0.2, 0.25) is 0 Å². The number of benzene rings is 3. The molecule has 0 unspecified atom stereocenters. The standard InChI is InChI=1S/C28H28N2O5/c1-2-13-35-26-12-11-20(18-7-9-19(10-8-18)28(33)34)15-24(26)27(32)30-22(17-31)14-21-16-29-25-6-4-3-5-23(21)25/h3-12,15-16,22,29,31H,2,13-14,17H2,1H3,(H,30,32)(H,33,34)/t22-/m0/s1. The fourth-order valence-corrected chi connectivity index (χ4v) is 4.02. The van der Waals surface area contributed by atoms with E-state index in [0.29, 0.717) is 24.3 Å². The van der Waals surface area contributed by atoms with Gasteiger partial charge in [-0.3, -0.25) is 4.79 Å². The summed E-state index contributed by atoms with van der Waals surface area (Å²) in [6.45, 7) is 2.24. The normalized spacial score (nSPS) is 11.8. The van der Waals surface area contributed by atoms with Crippen molar-refractivity contribution in [3.8, 4) is 16.9 Å². The highest BCUT2D eigenvalue weighted by Gasteiger charge is 2.20. The summed E-state index contributed by atoms with van der Waals surface area (Å²) in [6, 6.07) is 19.2. The molecule has 0 fully saturated rings. The number of aliphatic hydroxyl groups excluding tert-OH is 1. The van der Waals surface area contributed by atoms with Crippen LogP contribution in [0.15, 0.2) is 72.9 Å². The van der Waals surface area contributed by atoms with E-state index in [2.05, 4.69) is 10.3 Å². The SMILES string of the molecule is CCCOc1ccc(-c2ccc(C(=O)O)cc2)cc1C(=O)N[C@H](CO)Cc1c[nH]c2ccccc12. The maximum absolute atomic E-state index is 13.3. The number of carboxylic acid groups (broad SMARTS) is 1. The first-order valence-electron chi connectivity index (χ1n) is 11.6. The molecule has 0 aliphatic heterocycles. The van der Waals surface area contributed by atoms with Crippen LogP contribution >= 0.6 is 0 Å². The topological polar surface area (TPSA) is 112 Å². The Morgan fingerprint density at radius 2 is 1.77 bits per heavy atom. The number of hydrogen-bond acceptors (Lipinski definition) is 4. The molecule has 0 saturated heterocycles. The zero-order chi connectivity index (χ0) is 24.8. The minimum atomic E-state index is -0.995. The van der Waals surface area contributed by atoms with Crippen LogP contribution in [0.3, 0.4) is 0 Å². The number of aliphatic hydroxyl groups is 1. The van der Waals surface area contributed by atoms with Gasteiger partial charge >= 0.3 is 5.97 Å².